The Hall–Kier alpha value is 0.413. The Bertz CT molecular complexity index is 26.3. The molecule has 4 heavy (non-hydrogen) atoms. The van der Waals surface area contributed by atoms with Crippen LogP contribution in [0.5, 0.6) is 0 Å². The first kappa shape index (κ1) is 4.41. The maximum atomic E-state index is 3.81. The van der Waals surface area contributed by atoms with E-state index in [9.17, 15) is 0 Å². The van der Waals surface area contributed by atoms with Gasteiger partial charge in [-0.25, -0.2) is 0 Å². The van der Waals surface area contributed by atoms with E-state index >= 15 is 0 Å². The van der Waals surface area contributed by atoms with E-state index in [2.05, 4.69) is 16.9 Å². The van der Waals surface area contributed by atoms with Crippen LogP contribution >= 0.6 is 0 Å². The molecule has 0 aliphatic heterocycles. The summed E-state index contributed by atoms with van der Waals surface area (Å²) in [5.74, 6) is 4.44. The predicted octanol–water partition coefficient (Wildman–Crippen LogP) is 0.754. The molecule has 0 aromatic rings. The van der Waals surface area contributed by atoms with Gasteiger partial charge in [-0.15, -0.1) is 0 Å². The normalized spacial score (nSPS) is 6.50. The summed E-state index contributed by atoms with van der Waals surface area (Å²) < 4.78 is 0. The van der Waals surface area contributed by atoms with Crippen LogP contribution in [0.1, 0.15) is 0 Å². The van der Waals surface area contributed by atoms with Gasteiger partial charge in [0.05, 0.1) is 0 Å². The van der Waals surface area contributed by atoms with Crippen molar-refractivity contribution in [1.29, 1.82) is 0 Å². The first-order valence-electron chi connectivity index (χ1n) is 1.35. The molecule has 0 aliphatic carbocycles. The van der Waals surface area contributed by atoms with E-state index in [1.54, 1.807) is 0 Å². The molecule has 0 saturated carbocycles. The maximum absolute atomic E-state index is 3.81. The van der Waals surface area contributed by atoms with Crippen LogP contribution in [0.25, 0.3) is 0 Å². The van der Waals surface area contributed by atoms with Gasteiger partial charge in [0.2, 0.25) is 0 Å². The van der Waals surface area contributed by atoms with Gasteiger partial charge >= 0.3 is 30.8 Å². The van der Waals surface area contributed by atoms with Gasteiger partial charge in [-0.05, 0) is 0 Å². The quantitative estimate of drug-likeness (QED) is 0.410. The van der Waals surface area contributed by atoms with Crippen molar-refractivity contribution < 1.29 is 0 Å². The SMILES string of the molecule is [CH2]=[Ge]([CH3])[CH3]. The molecule has 0 spiro atoms. The van der Waals surface area contributed by atoms with E-state index in [0.29, 0.717) is 0 Å². The zero-order valence-corrected chi connectivity index (χ0v) is 5.31. The van der Waals surface area contributed by atoms with Crippen LogP contribution in [0.2, 0.25) is 11.5 Å². The molecule has 0 atom stereocenters. The summed E-state index contributed by atoms with van der Waals surface area (Å²) in [4.78, 5) is 0. The van der Waals surface area contributed by atoms with Crippen molar-refractivity contribution in [3.8, 4) is 0 Å². The van der Waals surface area contributed by atoms with E-state index in [1.165, 1.54) is 0 Å². The minimum atomic E-state index is -0.583. The fourth-order valence-corrected chi connectivity index (χ4v) is 0. The third kappa shape index (κ3) is 28.3. The van der Waals surface area contributed by atoms with Gasteiger partial charge in [-0.2, -0.15) is 0 Å². The van der Waals surface area contributed by atoms with Gasteiger partial charge in [-0.1, -0.05) is 0 Å². The zero-order chi connectivity index (χ0) is 3.58. The fourth-order valence-electron chi connectivity index (χ4n) is 0. The van der Waals surface area contributed by atoms with Crippen molar-refractivity contribution in [2.75, 3.05) is 0 Å². The molecule has 0 saturated heterocycles. The summed E-state index contributed by atoms with van der Waals surface area (Å²) in [6.45, 7) is 0. The van der Waals surface area contributed by atoms with Crippen LogP contribution < -0.4 is 0 Å². The molecule has 0 radical (unpaired) electrons. The third-order valence-electron chi connectivity index (χ3n) is 0. The molecular weight excluding hydrogens is 109 g/mol. The Morgan fingerprint density at radius 1 is 1.50 bits per heavy atom. The Morgan fingerprint density at radius 3 is 1.50 bits per heavy atom. The third-order valence-corrected chi connectivity index (χ3v) is 0. The Morgan fingerprint density at radius 2 is 1.50 bits per heavy atom. The molecule has 0 aromatic heterocycles. The van der Waals surface area contributed by atoms with Crippen LogP contribution in [-0.4, -0.2) is 19.3 Å². The van der Waals surface area contributed by atoms with Crippen LogP contribution in [0.15, 0.2) is 0 Å². The number of hydrogen-bond acceptors (Lipinski definition) is 0. The molecule has 0 heterocycles. The molecule has 0 aliphatic rings. The Labute approximate surface area is 31.5 Å². The average Bonchev–Trinajstić information content (AvgIpc) is 0.811. The predicted molar refractivity (Wildman–Crippen MR) is 24.6 cm³/mol. The van der Waals surface area contributed by atoms with Gasteiger partial charge in [0.15, 0.2) is 0 Å². The van der Waals surface area contributed by atoms with Crippen molar-refractivity contribution in [3.05, 3.63) is 0 Å². The van der Waals surface area contributed by atoms with Gasteiger partial charge < -0.3 is 0 Å². The van der Waals surface area contributed by atoms with E-state index in [-0.39, 0.29) is 0 Å². The summed E-state index contributed by atoms with van der Waals surface area (Å²) in [6.07, 6.45) is 0. The summed E-state index contributed by atoms with van der Waals surface area (Å²) in [5, 5.41) is 3.81. The summed E-state index contributed by atoms with van der Waals surface area (Å²) in [7, 11) is 0. The molecule has 0 fully saturated rings. The van der Waals surface area contributed by atoms with Crippen LogP contribution in [0.4, 0.5) is 0 Å². The molecule has 24 valence electrons. The topological polar surface area (TPSA) is 0 Å². The molecule has 0 amide bonds. The molecule has 0 N–H and O–H groups in total. The van der Waals surface area contributed by atoms with E-state index in [4.69, 9.17) is 0 Å². The molecule has 0 unspecified atom stereocenters. The van der Waals surface area contributed by atoms with Gasteiger partial charge in [0.25, 0.3) is 0 Å². The first-order chi connectivity index (χ1) is 1.73. The van der Waals surface area contributed by atoms with E-state index < -0.39 is 13.9 Å². The number of hydrogen-bond donors (Lipinski definition) is 0. The monoisotopic (exact) mass is 118 g/mol. The second-order valence-corrected chi connectivity index (χ2v) is 6.27. The molecule has 0 nitrogen and oxygen atoms in total. The second-order valence-electron chi connectivity index (χ2n) is 1.21. The van der Waals surface area contributed by atoms with Crippen molar-refractivity contribution in [3.63, 3.8) is 0 Å². The van der Waals surface area contributed by atoms with Crippen LogP contribution in [-0.2, 0) is 0 Å². The van der Waals surface area contributed by atoms with Crippen molar-refractivity contribution >= 4 is 19.3 Å². The first-order valence-corrected chi connectivity index (χ1v) is 7.03. The molecule has 0 rings (SSSR count). The second kappa shape index (κ2) is 1.71. The molecule has 0 aromatic carbocycles. The van der Waals surface area contributed by atoms with Gasteiger partial charge in [0.1, 0.15) is 0 Å². The van der Waals surface area contributed by atoms with Crippen molar-refractivity contribution in [2.24, 2.45) is 0 Å². The average molecular weight is 117 g/mol. The van der Waals surface area contributed by atoms with Crippen molar-refractivity contribution in [1.82, 2.24) is 0 Å². The number of rotatable bonds is 0. The summed E-state index contributed by atoms with van der Waals surface area (Å²) >= 11 is -0.583. The fraction of sp³-hybridized carbons (Fsp3) is 0.667. The molecule has 0 bridgehead atoms. The molecule has 1 heteroatoms. The summed E-state index contributed by atoms with van der Waals surface area (Å²) in [5.41, 5.74) is 0. The Kier molecular flexibility index (Phi) is 1.88. The summed E-state index contributed by atoms with van der Waals surface area (Å²) in [6, 6.07) is 0. The standard InChI is InChI=1S/C3H8Ge/c1-4(2)3/h1H2,2-3H3. The van der Waals surface area contributed by atoms with Crippen LogP contribution in [0, 0.1) is 0 Å². The molecular formula is C3H8Ge. The van der Waals surface area contributed by atoms with Crippen molar-refractivity contribution in [2.45, 2.75) is 11.5 Å². The van der Waals surface area contributed by atoms with E-state index in [0.717, 1.165) is 0 Å². The van der Waals surface area contributed by atoms with Gasteiger partial charge in [0, 0.05) is 0 Å². The Balaban J connectivity index is 2.80. The van der Waals surface area contributed by atoms with Gasteiger partial charge in [-0.3, -0.25) is 0 Å². The minimum absolute atomic E-state index is 0.583. The zero-order valence-electron chi connectivity index (χ0n) is 3.21. The van der Waals surface area contributed by atoms with Crippen LogP contribution in [0.3, 0.4) is 0 Å². The van der Waals surface area contributed by atoms with E-state index in [1.807, 2.05) is 0 Å².